The summed E-state index contributed by atoms with van der Waals surface area (Å²) < 4.78 is 0. The van der Waals surface area contributed by atoms with E-state index in [-0.39, 0.29) is 0 Å². The van der Waals surface area contributed by atoms with Crippen LogP contribution in [-0.2, 0) is 6.42 Å². The highest BCUT2D eigenvalue weighted by atomic mass is 14.5. The summed E-state index contributed by atoms with van der Waals surface area (Å²) in [4.78, 5) is 0. The summed E-state index contributed by atoms with van der Waals surface area (Å²) in [5.41, 5.74) is 10.3. The van der Waals surface area contributed by atoms with Gasteiger partial charge in [-0.1, -0.05) is 54.4 Å². The summed E-state index contributed by atoms with van der Waals surface area (Å²) in [6.07, 6.45) is 1.14. The predicted molar refractivity (Wildman–Crippen MR) is 76.1 cm³/mol. The molecule has 0 aliphatic carbocycles. The maximum atomic E-state index is 5.43. The maximum absolute atomic E-state index is 5.43. The zero-order chi connectivity index (χ0) is 12.7. The molecule has 1 heteroatoms. The largest absolute Gasteiger partial charge is 0.399 e. The van der Waals surface area contributed by atoms with Crippen LogP contribution < -0.4 is 5.73 Å². The van der Waals surface area contributed by atoms with Crippen LogP contribution in [0.1, 0.15) is 23.6 Å². The number of nitrogens with two attached hydrogens (primary N) is 1. The topological polar surface area (TPSA) is 26.0 Å². The van der Waals surface area contributed by atoms with Crippen LogP contribution in [0.25, 0.3) is 0 Å². The Labute approximate surface area is 104 Å². The zero-order valence-corrected chi connectivity index (χ0v) is 10.9. The first kappa shape index (κ1) is 13.3. The fraction of sp³-hybridized carbons (Fsp3) is 0.250. The van der Waals surface area contributed by atoms with Crippen LogP contribution in [0.5, 0.6) is 0 Å². The van der Waals surface area contributed by atoms with Gasteiger partial charge in [0, 0.05) is 5.69 Å². The molecule has 0 spiro atoms. The first-order valence-electron chi connectivity index (χ1n) is 5.99. The summed E-state index contributed by atoms with van der Waals surface area (Å²) >= 11 is 0. The van der Waals surface area contributed by atoms with Crippen molar-refractivity contribution in [2.75, 3.05) is 5.73 Å². The van der Waals surface area contributed by atoms with Crippen molar-refractivity contribution in [2.45, 2.75) is 27.2 Å². The van der Waals surface area contributed by atoms with Gasteiger partial charge in [0.15, 0.2) is 0 Å². The Bertz CT molecular complexity index is 422. The van der Waals surface area contributed by atoms with Gasteiger partial charge in [-0.25, -0.2) is 0 Å². The number of hydrogen-bond donors (Lipinski definition) is 1. The molecule has 2 rings (SSSR count). The molecule has 2 N–H and O–H groups in total. The van der Waals surface area contributed by atoms with Gasteiger partial charge >= 0.3 is 0 Å². The summed E-state index contributed by atoms with van der Waals surface area (Å²) in [5, 5.41) is 0. The lowest BCUT2D eigenvalue weighted by Gasteiger charge is -1.95. The lowest BCUT2D eigenvalue weighted by Crippen LogP contribution is -1.81. The monoisotopic (exact) mass is 227 g/mol. The molecule has 0 aromatic heterocycles. The van der Waals surface area contributed by atoms with Gasteiger partial charge in [0.05, 0.1) is 0 Å². The molecule has 0 aliphatic rings. The molecule has 2 aromatic rings. The molecule has 1 nitrogen and oxygen atoms in total. The van der Waals surface area contributed by atoms with Crippen LogP contribution in [0.3, 0.4) is 0 Å². The van der Waals surface area contributed by atoms with Crippen molar-refractivity contribution >= 4 is 5.69 Å². The Morgan fingerprint density at radius 2 is 1.53 bits per heavy atom. The molecule has 0 radical (unpaired) electrons. The van der Waals surface area contributed by atoms with E-state index in [1.807, 2.05) is 31.2 Å². The second-order valence-corrected chi connectivity index (χ2v) is 4.25. The first-order chi connectivity index (χ1) is 8.11. The molecule has 0 atom stereocenters. The van der Waals surface area contributed by atoms with E-state index in [1.54, 1.807) is 0 Å². The molecular weight excluding hydrogens is 206 g/mol. The lowest BCUT2D eigenvalue weighted by atomic mass is 10.1. The van der Waals surface area contributed by atoms with Gasteiger partial charge in [0.25, 0.3) is 0 Å². The third kappa shape index (κ3) is 5.21. The smallest absolute Gasteiger partial charge is 0.0314 e. The van der Waals surface area contributed by atoms with E-state index in [2.05, 4.69) is 38.1 Å². The lowest BCUT2D eigenvalue weighted by molar-refractivity contribution is 1.13. The van der Waals surface area contributed by atoms with E-state index in [0.717, 1.165) is 12.1 Å². The molecule has 17 heavy (non-hydrogen) atoms. The van der Waals surface area contributed by atoms with Crippen LogP contribution in [0.15, 0.2) is 48.5 Å². The fourth-order valence-corrected chi connectivity index (χ4v) is 1.50. The third-order valence-electron chi connectivity index (χ3n) is 2.57. The maximum Gasteiger partial charge on any atom is 0.0314 e. The molecule has 0 saturated heterocycles. The normalized spacial score (nSPS) is 9.35. The molecule has 0 amide bonds. The van der Waals surface area contributed by atoms with Crippen molar-refractivity contribution < 1.29 is 0 Å². The van der Waals surface area contributed by atoms with Crippen molar-refractivity contribution in [3.63, 3.8) is 0 Å². The van der Waals surface area contributed by atoms with E-state index in [4.69, 9.17) is 5.73 Å². The standard InChI is InChI=1S/C9H12.C7H9N/c1-3-9-6-4-5-8(2)7-9;1-6-2-4-7(8)5-3-6/h4-7H,3H2,1-2H3;2-5H,8H2,1H3. The number of hydrogen-bond acceptors (Lipinski definition) is 1. The molecule has 0 heterocycles. The van der Waals surface area contributed by atoms with E-state index in [1.165, 1.54) is 16.7 Å². The Morgan fingerprint density at radius 3 is 1.94 bits per heavy atom. The molecule has 0 bridgehead atoms. The third-order valence-corrected chi connectivity index (χ3v) is 2.57. The molecule has 2 aromatic carbocycles. The van der Waals surface area contributed by atoms with Crippen LogP contribution in [0.2, 0.25) is 0 Å². The molecule has 0 fully saturated rings. The highest BCUT2D eigenvalue weighted by molar-refractivity contribution is 5.38. The molecule has 0 unspecified atom stereocenters. The minimum absolute atomic E-state index is 0.829. The Hall–Kier alpha value is -1.76. The molecule has 90 valence electrons. The summed E-state index contributed by atoms with van der Waals surface area (Å²) in [7, 11) is 0. The Kier molecular flexibility index (Phi) is 5.28. The van der Waals surface area contributed by atoms with Crippen molar-refractivity contribution in [2.24, 2.45) is 0 Å². The summed E-state index contributed by atoms with van der Waals surface area (Å²) in [6.45, 7) is 6.34. The second-order valence-electron chi connectivity index (χ2n) is 4.25. The quantitative estimate of drug-likeness (QED) is 0.728. The summed E-state index contributed by atoms with van der Waals surface area (Å²) in [5.74, 6) is 0. The number of rotatable bonds is 1. The van der Waals surface area contributed by atoms with E-state index < -0.39 is 0 Å². The Balaban J connectivity index is 0.000000171. The number of benzene rings is 2. The highest BCUT2D eigenvalue weighted by Gasteiger charge is 1.85. The highest BCUT2D eigenvalue weighted by Crippen LogP contribution is 2.03. The van der Waals surface area contributed by atoms with Crippen molar-refractivity contribution in [3.8, 4) is 0 Å². The van der Waals surface area contributed by atoms with E-state index in [9.17, 15) is 0 Å². The van der Waals surface area contributed by atoms with Gasteiger partial charge in [-0.05, 0) is 38.0 Å². The minimum Gasteiger partial charge on any atom is -0.399 e. The average Bonchev–Trinajstić information content (AvgIpc) is 2.34. The van der Waals surface area contributed by atoms with Crippen molar-refractivity contribution in [1.29, 1.82) is 0 Å². The van der Waals surface area contributed by atoms with Gasteiger partial charge in [-0.3, -0.25) is 0 Å². The average molecular weight is 227 g/mol. The first-order valence-corrected chi connectivity index (χ1v) is 5.99. The van der Waals surface area contributed by atoms with Crippen LogP contribution in [0, 0.1) is 13.8 Å². The van der Waals surface area contributed by atoms with Crippen LogP contribution >= 0.6 is 0 Å². The SMILES string of the molecule is CCc1cccc(C)c1.Cc1ccc(N)cc1. The summed E-state index contributed by atoms with van der Waals surface area (Å²) in [6, 6.07) is 16.4. The van der Waals surface area contributed by atoms with Crippen molar-refractivity contribution in [3.05, 3.63) is 65.2 Å². The van der Waals surface area contributed by atoms with E-state index in [0.29, 0.717) is 0 Å². The predicted octanol–water partition coefficient (Wildman–Crippen LogP) is 4.13. The van der Waals surface area contributed by atoms with Crippen LogP contribution in [0.4, 0.5) is 5.69 Å². The van der Waals surface area contributed by atoms with Crippen molar-refractivity contribution in [1.82, 2.24) is 0 Å². The van der Waals surface area contributed by atoms with Gasteiger partial charge < -0.3 is 5.73 Å². The number of anilines is 1. The van der Waals surface area contributed by atoms with Gasteiger partial charge in [-0.15, -0.1) is 0 Å². The molecule has 0 saturated carbocycles. The second kappa shape index (κ2) is 6.74. The zero-order valence-electron chi connectivity index (χ0n) is 10.9. The Morgan fingerprint density at radius 1 is 0.882 bits per heavy atom. The van der Waals surface area contributed by atoms with E-state index >= 15 is 0 Å². The number of aryl methyl sites for hydroxylation is 3. The molecule has 0 aliphatic heterocycles. The van der Waals surface area contributed by atoms with Crippen LogP contribution in [-0.4, -0.2) is 0 Å². The fourth-order valence-electron chi connectivity index (χ4n) is 1.50. The van der Waals surface area contributed by atoms with Gasteiger partial charge in [0.1, 0.15) is 0 Å². The number of nitrogen functional groups attached to an aromatic ring is 1. The van der Waals surface area contributed by atoms with Gasteiger partial charge in [-0.2, -0.15) is 0 Å². The van der Waals surface area contributed by atoms with Gasteiger partial charge in [0.2, 0.25) is 0 Å². The minimum atomic E-state index is 0.829. The molecular formula is C16H21N.